The van der Waals surface area contributed by atoms with Crippen LogP contribution in [0.25, 0.3) is 0 Å². The highest BCUT2D eigenvalue weighted by molar-refractivity contribution is 5.55. The molecular weight excluding hydrogens is 540 g/mol. The topological polar surface area (TPSA) is 70.5 Å². The summed E-state index contributed by atoms with van der Waals surface area (Å²) < 4.78 is 12.8. The molecular formula is C40H48N2O2. The highest BCUT2D eigenvalue weighted by atomic mass is 16.5. The maximum atomic E-state index is 6.41. The molecule has 0 saturated heterocycles. The molecule has 2 fully saturated rings. The summed E-state index contributed by atoms with van der Waals surface area (Å²) in [5.41, 5.74) is 20.8. The number of hydrogen-bond donors (Lipinski definition) is 2. The summed E-state index contributed by atoms with van der Waals surface area (Å²) in [6.07, 6.45) is 12.0. The Kier molecular flexibility index (Phi) is 8.62. The van der Waals surface area contributed by atoms with Crippen molar-refractivity contribution in [1.82, 2.24) is 0 Å². The molecule has 6 rings (SSSR count). The maximum Gasteiger partial charge on any atom is 0.133 e. The van der Waals surface area contributed by atoms with Crippen LogP contribution in [0.5, 0.6) is 23.0 Å². The first kappa shape index (κ1) is 30.1. The fourth-order valence-electron chi connectivity index (χ4n) is 8.04. The Morgan fingerprint density at radius 1 is 0.523 bits per heavy atom. The third-order valence-electron chi connectivity index (χ3n) is 10.4. The minimum absolute atomic E-state index is 0.0460. The molecule has 0 bridgehead atoms. The second-order valence-corrected chi connectivity index (χ2v) is 13.5. The molecule has 2 saturated carbocycles. The Hall–Kier alpha value is -3.92. The average molecular weight is 589 g/mol. The first-order valence-corrected chi connectivity index (χ1v) is 16.5. The van der Waals surface area contributed by atoms with E-state index in [0.29, 0.717) is 0 Å². The van der Waals surface area contributed by atoms with E-state index in [9.17, 15) is 0 Å². The van der Waals surface area contributed by atoms with Crippen LogP contribution in [0.4, 0.5) is 11.4 Å². The van der Waals surface area contributed by atoms with Gasteiger partial charge in [0.1, 0.15) is 23.0 Å². The standard InChI is InChI=1S/C40H48N2O2/c1-26-22-32(23-27(2)38(26)43-36-14-10-34(41)11-15-36)40(20-18-31(19-21-40)30-8-6-5-7-9-30)33-24-28(3)39(29(4)25-33)44-37-16-12-35(42)13-17-37/h10-17,22-25,30-31H,5-9,18-21,41-42H2,1-4H3. The number of nitrogen functional groups attached to an aromatic ring is 2. The summed E-state index contributed by atoms with van der Waals surface area (Å²) in [5.74, 6) is 5.23. The zero-order valence-corrected chi connectivity index (χ0v) is 26.9. The third-order valence-corrected chi connectivity index (χ3v) is 10.4. The van der Waals surface area contributed by atoms with Gasteiger partial charge in [0.15, 0.2) is 0 Å². The summed E-state index contributed by atoms with van der Waals surface area (Å²) in [5, 5.41) is 0. The Morgan fingerprint density at radius 3 is 1.27 bits per heavy atom. The smallest absolute Gasteiger partial charge is 0.133 e. The zero-order valence-electron chi connectivity index (χ0n) is 26.9. The number of rotatable bonds is 7. The van der Waals surface area contributed by atoms with Gasteiger partial charge in [0.25, 0.3) is 0 Å². The first-order chi connectivity index (χ1) is 21.2. The molecule has 4 N–H and O–H groups in total. The van der Waals surface area contributed by atoms with E-state index < -0.39 is 0 Å². The fourth-order valence-corrected chi connectivity index (χ4v) is 8.04. The number of aryl methyl sites for hydroxylation is 4. The number of nitrogens with two attached hydrogens (primary N) is 2. The maximum absolute atomic E-state index is 6.41. The van der Waals surface area contributed by atoms with Crippen LogP contribution in [-0.2, 0) is 5.41 Å². The van der Waals surface area contributed by atoms with E-state index in [1.54, 1.807) is 0 Å². The lowest BCUT2D eigenvalue weighted by molar-refractivity contribution is 0.163. The van der Waals surface area contributed by atoms with Gasteiger partial charge in [-0.3, -0.25) is 0 Å². The lowest BCUT2D eigenvalue weighted by Crippen LogP contribution is -2.36. The van der Waals surface area contributed by atoms with Gasteiger partial charge in [-0.05, 0) is 147 Å². The summed E-state index contributed by atoms with van der Waals surface area (Å²) >= 11 is 0. The van der Waals surface area contributed by atoms with Crippen LogP contribution in [0.3, 0.4) is 0 Å². The van der Waals surface area contributed by atoms with Crippen molar-refractivity contribution in [3.05, 3.63) is 106 Å². The first-order valence-electron chi connectivity index (χ1n) is 16.5. The SMILES string of the molecule is Cc1cc(C2(c3cc(C)c(Oc4ccc(N)cc4)c(C)c3)CCC(C3CCCCC3)CC2)cc(C)c1Oc1ccc(N)cc1. The monoisotopic (exact) mass is 588 g/mol. The molecule has 4 heteroatoms. The van der Waals surface area contributed by atoms with Crippen molar-refractivity contribution in [2.45, 2.75) is 90.9 Å². The lowest BCUT2D eigenvalue weighted by atomic mass is 9.60. The van der Waals surface area contributed by atoms with Crippen LogP contribution >= 0.6 is 0 Å². The normalized spacial score (nSPS) is 17.4. The van der Waals surface area contributed by atoms with E-state index >= 15 is 0 Å². The van der Waals surface area contributed by atoms with Crippen LogP contribution in [-0.4, -0.2) is 0 Å². The molecule has 230 valence electrons. The summed E-state index contributed by atoms with van der Waals surface area (Å²) in [7, 11) is 0. The van der Waals surface area contributed by atoms with E-state index in [1.165, 1.54) is 91.2 Å². The molecule has 0 atom stereocenters. The van der Waals surface area contributed by atoms with Crippen LogP contribution in [0.1, 0.15) is 91.2 Å². The van der Waals surface area contributed by atoms with Crippen molar-refractivity contribution in [3.8, 4) is 23.0 Å². The van der Waals surface area contributed by atoms with Gasteiger partial charge in [-0.15, -0.1) is 0 Å². The lowest BCUT2D eigenvalue weighted by Gasteiger charge is -2.44. The zero-order chi connectivity index (χ0) is 30.8. The Morgan fingerprint density at radius 2 is 0.886 bits per heavy atom. The van der Waals surface area contributed by atoms with Crippen molar-refractivity contribution < 1.29 is 9.47 Å². The van der Waals surface area contributed by atoms with Gasteiger partial charge in [0.2, 0.25) is 0 Å². The van der Waals surface area contributed by atoms with E-state index in [1.807, 2.05) is 48.5 Å². The highest BCUT2D eigenvalue weighted by Gasteiger charge is 2.41. The molecule has 4 nitrogen and oxygen atoms in total. The molecule has 0 aromatic heterocycles. The van der Waals surface area contributed by atoms with Crippen LogP contribution < -0.4 is 20.9 Å². The molecule has 0 aliphatic heterocycles. The molecule has 0 heterocycles. The van der Waals surface area contributed by atoms with Gasteiger partial charge < -0.3 is 20.9 Å². The predicted octanol–water partition coefficient (Wildman–Crippen LogP) is 10.7. The van der Waals surface area contributed by atoms with E-state index in [4.69, 9.17) is 20.9 Å². The molecule has 0 amide bonds. The quantitative estimate of drug-likeness (QED) is 0.211. The minimum Gasteiger partial charge on any atom is -0.457 e. The van der Waals surface area contributed by atoms with Crippen molar-refractivity contribution in [1.29, 1.82) is 0 Å². The molecule has 44 heavy (non-hydrogen) atoms. The molecule has 4 aromatic carbocycles. The molecule has 0 spiro atoms. The van der Waals surface area contributed by atoms with Gasteiger partial charge in [0, 0.05) is 16.8 Å². The van der Waals surface area contributed by atoms with Gasteiger partial charge in [-0.1, -0.05) is 56.4 Å². The van der Waals surface area contributed by atoms with E-state index in [2.05, 4.69) is 52.0 Å². The molecule has 2 aliphatic rings. The second-order valence-electron chi connectivity index (χ2n) is 13.5. The van der Waals surface area contributed by atoms with E-state index in [-0.39, 0.29) is 5.41 Å². The van der Waals surface area contributed by atoms with Gasteiger partial charge in [-0.25, -0.2) is 0 Å². The Balaban J connectivity index is 1.36. The van der Waals surface area contributed by atoms with Crippen LogP contribution in [0.2, 0.25) is 0 Å². The Labute approximate surface area is 263 Å². The number of ether oxygens (including phenoxy) is 2. The van der Waals surface area contributed by atoms with E-state index in [0.717, 1.165) is 46.2 Å². The number of anilines is 2. The average Bonchev–Trinajstić information content (AvgIpc) is 3.03. The van der Waals surface area contributed by atoms with Crippen LogP contribution in [0.15, 0.2) is 72.8 Å². The summed E-state index contributed by atoms with van der Waals surface area (Å²) in [4.78, 5) is 0. The van der Waals surface area contributed by atoms with Crippen molar-refractivity contribution >= 4 is 11.4 Å². The van der Waals surface area contributed by atoms with Gasteiger partial charge >= 0.3 is 0 Å². The predicted molar refractivity (Wildman–Crippen MR) is 183 cm³/mol. The molecule has 0 unspecified atom stereocenters. The molecule has 0 radical (unpaired) electrons. The molecule has 4 aromatic rings. The summed E-state index contributed by atoms with van der Waals surface area (Å²) in [6, 6.07) is 24.9. The van der Waals surface area contributed by atoms with Crippen molar-refractivity contribution in [2.24, 2.45) is 11.8 Å². The largest absolute Gasteiger partial charge is 0.457 e. The second kappa shape index (κ2) is 12.6. The van der Waals surface area contributed by atoms with Crippen molar-refractivity contribution in [2.75, 3.05) is 11.5 Å². The third kappa shape index (κ3) is 6.18. The van der Waals surface area contributed by atoms with Gasteiger partial charge in [0.05, 0.1) is 0 Å². The van der Waals surface area contributed by atoms with Gasteiger partial charge in [-0.2, -0.15) is 0 Å². The Bertz CT molecular complexity index is 1440. The number of benzene rings is 4. The number of hydrogen-bond acceptors (Lipinski definition) is 4. The van der Waals surface area contributed by atoms with Crippen LogP contribution in [0, 0.1) is 39.5 Å². The summed E-state index contributed by atoms with van der Waals surface area (Å²) in [6.45, 7) is 8.74. The molecule has 2 aliphatic carbocycles. The highest BCUT2D eigenvalue weighted by Crippen LogP contribution is 2.52. The van der Waals surface area contributed by atoms with Crippen molar-refractivity contribution in [3.63, 3.8) is 0 Å². The minimum atomic E-state index is -0.0460. The fraction of sp³-hybridized carbons (Fsp3) is 0.400.